The lowest BCUT2D eigenvalue weighted by Crippen LogP contribution is -1.98. The van der Waals surface area contributed by atoms with Crippen LogP contribution < -0.4 is 11.1 Å². The van der Waals surface area contributed by atoms with Crippen molar-refractivity contribution in [1.82, 2.24) is 4.98 Å². The normalized spacial score (nSPS) is 10.7. The smallest absolute Gasteiger partial charge is 0.0724 e. The summed E-state index contributed by atoms with van der Waals surface area (Å²) >= 11 is 3.50. The van der Waals surface area contributed by atoms with E-state index in [0.29, 0.717) is 5.69 Å². The Labute approximate surface area is 126 Å². The number of hydrogen-bond donors (Lipinski definition) is 2. The summed E-state index contributed by atoms with van der Waals surface area (Å²) in [6.45, 7) is 2.06. The fourth-order valence-corrected chi connectivity index (χ4v) is 2.86. The molecule has 0 atom stereocenters. The van der Waals surface area contributed by atoms with Crippen LogP contribution in [-0.4, -0.2) is 4.98 Å². The molecule has 3 nitrogen and oxygen atoms in total. The summed E-state index contributed by atoms with van der Waals surface area (Å²) < 4.78 is 1.04. The predicted octanol–water partition coefficient (Wildman–Crippen LogP) is 4.63. The molecule has 4 heteroatoms. The lowest BCUT2D eigenvalue weighted by atomic mass is 10.1. The van der Waals surface area contributed by atoms with Crippen molar-refractivity contribution >= 4 is 43.9 Å². The van der Waals surface area contributed by atoms with Crippen LogP contribution in [0, 0.1) is 6.92 Å². The summed E-state index contributed by atoms with van der Waals surface area (Å²) in [5.41, 5.74) is 10.9. The second kappa shape index (κ2) is 5.13. The van der Waals surface area contributed by atoms with Crippen molar-refractivity contribution in [3.8, 4) is 0 Å². The zero-order chi connectivity index (χ0) is 14.1. The molecule has 3 N–H and O–H groups in total. The van der Waals surface area contributed by atoms with Crippen LogP contribution in [-0.2, 0) is 0 Å². The van der Waals surface area contributed by atoms with Gasteiger partial charge < -0.3 is 11.1 Å². The topological polar surface area (TPSA) is 50.9 Å². The van der Waals surface area contributed by atoms with Gasteiger partial charge in [-0.1, -0.05) is 15.9 Å². The third-order valence-corrected chi connectivity index (χ3v) is 3.61. The first-order valence-corrected chi connectivity index (χ1v) is 7.10. The maximum Gasteiger partial charge on any atom is 0.0724 e. The van der Waals surface area contributed by atoms with Gasteiger partial charge in [-0.15, -0.1) is 0 Å². The molecule has 0 aliphatic heterocycles. The molecule has 0 spiro atoms. The lowest BCUT2D eigenvalue weighted by molar-refractivity contribution is 1.41. The number of nitrogen functional groups attached to an aromatic ring is 1. The number of nitrogens with zero attached hydrogens (tertiary/aromatic N) is 1. The van der Waals surface area contributed by atoms with Crippen LogP contribution in [0.5, 0.6) is 0 Å². The molecule has 2 aromatic carbocycles. The number of nitrogens with two attached hydrogens (primary N) is 1. The number of fused-ring (bicyclic) bond motifs is 1. The van der Waals surface area contributed by atoms with E-state index in [0.717, 1.165) is 26.8 Å². The summed E-state index contributed by atoms with van der Waals surface area (Å²) in [6, 6.07) is 14.0. The Balaban J connectivity index is 2.04. The molecule has 0 fully saturated rings. The number of halogens is 1. The molecule has 0 bridgehead atoms. The number of rotatable bonds is 2. The van der Waals surface area contributed by atoms with Gasteiger partial charge in [0.15, 0.2) is 0 Å². The van der Waals surface area contributed by atoms with E-state index in [-0.39, 0.29) is 0 Å². The second-order valence-electron chi connectivity index (χ2n) is 4.74. The molecular weight excluding hydrogens is 314 g/mol. The molecule has 0 radical (unpaired) electrons. The maximum absolute atomic E-state index is 6.23. The monoisotopic (exact) mass is 327 g/mol. The highest BCUT2D eigenvalue weighted by molar-refractivity contribution is 9.10. The molecule has 3 rings (SSSR count). The fourth-order valence-electron chi connectivity index (χ4n) is 2.25. The van der Waals surface area contributed by atoms with E-state index in [1.807, 2.05) is 30.3 Å². The molecule has 0 amide bonds. The van der Waals surface area contributed by atoms with Gasteiger partial charge in [-0.05, 0) is 55.0 Å². The van der Waals surface area contributed by atoms with Gasteiger partial charge in [0.1, 0.15) is 0 Å². The van der Waals surface area contributed by atoms with Gasteiger partial charge in [0.05, 0.1) is 16.9 Å². The summed E-state index contributed by atoms with van der Waals surface area (Å²) in [5, 5.41) is 4.33. The van der Waals surface area contributed by atoms with E-state index in [1.54, 1.807) is 6.20 Å². The molecule has 0 aliphatic carbocycles. The Morgan fingerprint density at radius 2 is 2.00 bits per heavy atom. The molecule has 0 unspecified atom stereocenters. The first-order valence-electron chi connectivity index (χ1n) is 6.31. The lowest BCUT2D eigenvalue weighted by Gasteiger charge is -2.12. The van der Waals surface area contributed by atoms with Gasteiger partial charge >= 0.3 is 0 Å². The largest absolute Gasteiger partial charge is 0.396 e. The van der Waals surface area contributed by atoms with E-state index < -0.39 is 0 Å². The zero-order valence-electron chi connectivity index (χ0n) is 11.0. The van der Waals surface area contributed by atoms with Crippen LogP contribution in [0.25, 0.3) is 10.9 Å². The minimum Gasteiger partial charge on any atom is -0.396 e. The molecule has 3 aromatic rings. The van der Waals surface area contributed by atoms with Crippen molar-refractivity contribution in [3.05, 3.63) is 58.7 Å². The van der Waals surface area contributed by atoms with Crippen LogP contribution in [0.15, 0.2) is 53.1 Å². The molecule has 100 valence electrons. The van der Waals surface area contributed by atoms with Crippen molar-refractivity contribution in [2.75, 3.05) is 11.1 Å². The third-order valence-electron chi connectivity index (χ3n) is 3.15. The standard InChI is InChI=1S/C16H14BrN3/c1-10-7-11(17)9-12(8-10)20-15-5-4-14-13(16(15)18)3-2-6-19-14/h2-9,20H,18H2,1H3. The van der Waals surface area contributed by atoms with Gasteiger partial charge in [-0.25, -0.2) is 0 Å². The Kier molecular flexibility index (Phi) is 3.32. The van der Waals surface area contributed by atoms with Crippen LogP contribution >= 0.6 is 15.9 Å². The van der Waals surface area contributed by atoms with Crippen molar-refractivity contribution in [1.29, 1.82) is 0 Å². The van der Waals surface area contributed by atoms with Gasteiger partial charge in [0, 0.05) is 21.7 Å². The highest BCUT2D eigenvalue weighted by Crippen LogP contribution is 2.31. The SMILES string of the molecule is Cc1cc(Br)cc(Nc2ccc3ncccc3c2N)c1. The number of pyridine rings is 1. The molecule has 1 aromatic heterocycles. The van der Waals surface area contributed by atoms with Crippen LogP contribution in [0.1, 0.15) is 5.56 Å². The van der Waals surface area contributed by atoms with E-state index >= 15 is 0 Å². The first kappa shape index (κ1) is 12.9. The van der Waals surface area contributed by atoms with E-state index in [1.165, 1.54) is 5.56 Å². The number of aromatic nitrogens is 1. The molecular formula is C16H14BrN3. The maximum atomic E-state index is 6.23. The Bertz CT molecular complexity index is 764. The van der Waals surface area contributed by atoms with Crippen LogP contribution in [0.4, 0.5) is 17.1 Å². The average molecular weight is 328 g/mol. The fraction of sp³-hybridized carbons (Fsp3) is 0.0625. The third kappa shape index (κ3) is 2.47. The Morgan fingerprint density at radius 1 is 1.15 bits per heavy atom. The Morgan fingerprint density at radius 3 is 2.80 bits per heavy atom. The first-order chi connectivity index (χ1) is 9.63. The van der Waals surface area contributed by atoms with Gasteiger partial charge in [0.2, 0.25) is 0 Å². The van der Waals surface area contributed by atoms with E-state index in [4.69, 9.17) is 5.73 Å². The van der Waals surface area contributed by atoms with Crippen LogP contribution in [0.3, 0.4) is 0 Å². The number of nitrogens with one attached hydrogen (secondary N) is 1. The van der Waals surface area contributed by atoms with Crippen molar-refractivity contribution in [2.45, 2.75) is 6.92 Å². The van der Waals surface area contributed by atoms with E-state index in [2.05, 4.69) is 45.3 Å². The number of anilines is 3. The number of benzene rings is 2. The second-order valence-corrected chi connectivity index (χ2v) is 5.65. The summed E-state index contributed by atoms with van der Waals surface area (Å²) in [7, 11) is 0. The molecule has 0 saturated carbocycles. The Hall–Kier alpha value is -2.07. The minimum atomic E-state index is 0.716. The highest BCUT2D eigenvalue weighted by Gasteiger charge is 2.05. The molecule has 1 heterocycles. The predicted molar refractivity (Wildman–Crippen MR) is 88.3 cm³/mol. The number of aryl methyl sites for hydroxylation is 1. The summed E-state index contributed by atoms with van der Waals surface area (Å²) in [5.74, 6) is 0. The van der Waals surface area contributed by atoms with Crippen molar-refractivity contribution in [3.63, 3.8) is 0 Å². The summed E-state index contributed by atoms with van der Waals surface area (Å²) in [6.07, 6.45) is 1.77. The quantitative estimate of drug-likeness (QED) is 0.674. The highest BCUT2D eigenvalue weighted by atomic mass is 79.9. The zero-order valence-corrected chi connectivity index (χ0v) is 12.6. The van der Waals surface area contributed by atoms with Gasteiger partial charge in [0.25, 0.3) is 0 Å². The van der Waals surface area contributed by atoms with Crippen LogP contribution in [0.2, 0.25) is 0 Å². The molecule has 0 saturated heterocycles. The molecule has 0 aliphatic rings. The summed E-state index contributed by atoms with van der Waals surface area (Å²) in [4.78, 5) is 4.30. The van der Waals surface area contributed by atoms with Gasteiger partial charge in [-0.3, -0.25) is 4.98 Å². The van der Waals surface area contributed by atoms with E-state index in [9.17, 15) is 0 Å². The van der Waals surface area contributed by atoms with Gasteiger partial charge in [-0.2, -0.15) is 0 Å². The average Bonchev–Trinajstić information content (AvgIpc) is 2.41. The minimum absolute atomic E-state index is 0.716. The molecule has 20 heavy (non-hydrogen) atoms. The van der Waals surface area contributed by atoms with Crippen molar-refractivity contribution in [2.24, 2.45) is 0 Å². The number of hydrogen-bond acceptors (Lipinski definition) is 3. The van der Waals surface area contributed by atoms with Crippen molar-refractivity contribution < 1.29 is 0 Å².